The van der Waals surface area contributed by atoms with Crippen LogP contribution < -0.4 is 10.5 Å². The molecule has 0 bridgehead atoms. The molecule has 0 saturated heterocycles. The van der Waals surface area contributed by atoms with Crippen molar-refractivity contribution in [3.8, 4) is 5.75 Å². The summed E-state index contributed by atoms with van der Waals surface area (Å²) < 4.78 is 24.4. The normalized spacial score (nSPS) is 20.6. The molecule has 2 N–H and O–H groups in total. The minimum atomic E-state index is -0.179. The first-order valence-corrected chi connectivity index (χ1v) is 5.98. The van der Waals surface area contributed by atoms with Crippen molar-refractivity contribution in [2.45, 2.75) is 37.8 Å². The summed E-state index contributed by atoms with van der Waals surface area (Å²) in [5, 5.41) is 0. The Labute approximate surface area is 99.7 Å². The number of benzene rings is 1. The Balaban J connectivity index is 1.85. The number of nitrogens with two attached hydrogens (primary N) is 1. The average molecular weight is 237 g/mol. The maximum Gasteiger partial charge on any atom is 0.189 e. The van der Waals surface area contributed by atoms with Gasteiger partial charge in [0.15, 0.2) is 6.79 Å². The zero-order valence-electron chi connectivity index (χ0n) is 9.67. The van der Waals surface area contributed by atoms with Gasteiger partial charge in [-0.3, -0.25) is 0 Å². The molecule has 0 radical (unpaired) electrons. The fraction of sp³-hybridized carbons (Fsp3) is 0.538. The van der Waals surface area contributed by atoms with Gasteiger partial charge in [-0.15, -0.1) is 0 Å². The maximum atomic E-state index is 13.8. The van der Waals surface area contributed by atoms with Gasteiger partial charge in [-0.25, -0.2) is 4.39 Å². The summed E-state index contributed by atoms with van der Waals surface area (Å²) in [6.07, 6.45) is 3.60. The fourth-order valence-electron chi connectivity index (χ4n) is 2.24. The van der Waals surface area contributed by atoms with E-state index in [2.05, 4.69) is 0 Å². The highest BCUT2D eigenvalue weighted by molar-refractivity contribution is 5.41. The Kier molecular flexibility index (Phi) is 2.56. The van der Waals surface area contributed by atoms with E-state index in [1.807, 2.05) is 0 Å². The van der Waals surface area contributed by atoms with Gasteiger partial charge in [0.1, 0.15) is 11.6 Å². The zero-order valence-corrected chi connectivity index (χ0v) is 9.67. The van der Waals surface area contributed by atoms with E-state index in [1.165, 1.54) is 6.07 Å². The van der Waals surface area contributed by atoms with Crippen LogP contribution in [0.1, 0.15) is 30.4 Å². The molecule has 1 aromatic rings. The molecule has 1 aromatic carbocycles. The van der Waals surface area contributed by atoms with Crippen LogP contribution in [-0.4, -0.2) is 12.3 Å². The quantitative estimate of drug-likeness (QED) is 0.875. The third kappa shape index (κ3) is 2.15. The Bertz CT molecular complexity index is 443. The van der Waals surface area contributed by atoms with E-state index in [0.717, 1.165) is 30.6 Å². The van der Waals surface area contributed by atoms with Crippen LogP contribution in [-0.2, 0) is 17.8 Å². The largest absolute Gasteiger partial charge is 0.467 e. The minimum absolute atomic E-state index is 0.0501. The van der Waals surface area contributed by atoms with Gasteiger partial charge in [-0.1, -0.05) is 0 Å². The Morgan fingerprint density at radius 3 is 2.94 bits per heavy atom. The van der Waals surface area contributed by atoms with E-state index < -0.39 is 0 Å². The van der Waals surface area contributed by atoms with Gasteiger partial charge in [0.2, 0.25) is 0 Å². The predicted molar refractivity (Wildman–Crippen MR) is 61.2 cm³/mol. The third-order valence-electron chi connectivity index (χ3n) is 3.64. The molecule has 1 aliphatic carbocycles. The summed E-state index contributed by atoms with van der Waals surface area (Å²) in [5.74, 6) is 0.566. The molecule has 17 heavy (non-hydrogen) atoms. The molecule has 3 rings (SSSR count). The maximum absolute atomic E-state index is 13.8. The molecule has 0 spiro atoms. The number of hydrogen-bond acceptors (Lipinski definition) is 3. The molecular weight excluding hydrogens is 221 g/mol. The second-order valence-corrected chi connectivity index (χ2v) is 4.98. The first kappa shape index (κ1) is 11.0. The average Bonchev–Trinajstić information content (AvgIpc) is 3.06. The monoisotopic (exact) mass is 237 g/mol. The van der Waals surface area contributed by atoms with Gasteiger partial charge in [0.25, 0.3) is 0 Å². The highest BCUT2D eigenvalue weighted by Gasteiger charge is 2.37. The lowest BCUT2D eigenvalue weighted by atomic mass is 9.98. The summed E-state index contributed by atoms with van der Waals surface area (Å²) in [4.78, 5) is 0. The summed E-state index contributed by atoms with van der Waals surface area (Å²) in [7, 11) is 0. The standard InChI is InChI=1S/C13H16FNO2/c14-11-1-2-12-10(7-16-8-17-12)9(11)3-4-13(15)5-6-13/h1-2H,3-8,15H2. The van der Waals surface area contributed by atoms with Crippen molar-refractivity contribution >= 4 is 0 Å². The van der Waals surface area contributed by atoms with E-state index in [4.69, 9.17) is 15.2 Å². The van der Waals surface area contributed by atoms with Crippen LogP contribution in [0.3, 0.4) is 0 Å². The first-order valence-electron chi connectivity index (χ1n) is 5.98. The van der Waals surface area contributed by atoms with E-state index in [-0.39, 0.29) is 18.1 Å². The molecule has 1 saturated carbocycles. The SMILES string of the molecule is NC1(CCc2c(F)ccc3c2COCO3)CC1. The highest BCUT2D eigenvalue weighted by atomic mass is 19.1. The van der Waals surface area contributed by atoms with Crippen molar-refractivity contribution in [3.05, 3.63) is 29.1 Å². The topological polar surface area (TPSA) is 44.5 Å². The molecule has 0 unspecified atom stereocenters. The second kappa shape index (κ2) is 3.96. The molecule has 2 aliphatic rings. The fourth-order valence-corrected chi connectivity index (χ4v) is 2.24. The van der Waals surface area contributed by atoms with Gasteiger partial charge < -0.3 is 15.2 Å². The van der Waals surface area contributed by atoms with Gasteiger partial charge in [-0.05, 0) is 43.4 Å². The van der Waals surface area contributed by atoms with Crippen LogP contribution in [0.2, 0.25) is 0 Å². The number of rotatable bonds is 3. The summed E-state index contributed by atoms with van der Waals surface area (Å²) in [6, 6.07) is 3.14. The smallest absolute Gasteiger partial charge is 0.189 e. The van der Waals surface area contributed by atoms with Crippen LogP contribution in [0.5, 0.6) is 5.75 Å². The van der Waals surface area contributed by atoms with Crippen molar-refractivity contribution in [2.75, 3.05) is 6.79 Å². The van der Waals surface area contributed by atoms with Crippen molar-refractivity contribution in [2.24, 2.45) is 5.73 Å². The van der Waals surface area contributed by atoms with Gasteiger partial charge >= 0.3 is 0 Å². The first-order chi connectivity index (χ1) is 8.18. The van der Waals surface area contributed by atoms with Gasteiger partial charge in [0.05, 0.1) is 6.61 Å². The number of fused-ring (bicyclic) bond motifs is 1. The summed E-state index contributed by atoms with van der Waals surface area (Å²) in [6.45, 7) is 0.679. The predicted octanol–water partition coefficient (Wildman–Crippen LogP) is 2.12. The molecule has 3 nitrogen and oxygen atoms in total. The molecule has 92 valence electrons. The van der Waals surface area contributed by atoms with Gasteiger partial charge in [-0.2, -0.15) is 0 Å². The lowest BCUT2D eigenvalue weighted by Crippen LogP contribution is -2.23. The number of ether oxygens (including phenoxy) is 2. The van der Waals surface area contributed by atoms with Gasteiger partial charge in [0, 0.05) is 11.1 Å². The minimum Gasteiger partial charge on any atom is -0.467 e. The second-order valence-electron chi connectivity index (χ2n) is 4.98. The molecular formula is C13H16FNO2. The van der Waals surface area contributed by atoms with Crippen LogP contribution in [0.15, 0.2) is 12.1 Å². The molecule has 1 heterocycles. The molecule has 0 aromatic heterocycles. The molecule has 1 fully saturated rings. The van der Waals surface area contributed by atoms with Crippen molar-refractivity contribution in [1.29, 1.82) is 0 Å². The molecule has 0 amide bonds. The summed E-state index contributed by atoms with van der Waals surface area (Å²) >= 11 is 0. The van der Waals surface area contributed by atoms with Crippen LogP contribution in [0.25, 0.3) is 0 Å². The van der Waals surface area contributed by atoms with Crippen molar-refractivity contribution < 1.29 is 13.9 Å². The van der Waals surface area contributed by atoms with E-state index in [9.17, 15) is 4.39 Å². The lowest BCUT2D eigenvalue weighted by Gasteiger charge is -2.21. The molecule has 4 heteroatoms. The Morgan fingerprint density at radius 2 is 2.18 bits per heavy atom. The van der Waals surface area contributed by atoms with E-state index in [0.29, 0.717) is 18.6 Å². The van der Waals surface area contributed by atoms with E-state index >= 15 is 0 Å². The number of halogens is 1. The Hall–Kier alpha value is -1.13. The third-order valence-corrected chi connectivity index (χ3v) is 3.64. The highest BCUT2D eigenvalue weighted by Crippen LogP contribution is 2.38. The number of hydrogen-bond donors (Lipinski definition) is 1. The van der Waals surface area contributed by atoms with Crippen LogP contribution in [0, 0.1) is 5.82 Å². The van der Waals surface area contributed by atoms with Crippen molar-refractivity contribution in [3.63, 3.8) is 0 Å². The molecule has 1 aliphatic heterocycles. The lowest BCUT2D eigenvalue weighted by molar-refractivity contribution is -0.0171. The zero-order chi connectivity index (χ0) is 11.9. The van der Waals surface area contributed by atoms with Crippen molar-refractivity contribution in [1.82, 2.24) is 0 Å². The summed E-state index contributed by atoms with van der Waals surface area (Å²) in [5.41, 5.74) is 7.54. The molecule has 0 atom stereocenters. The van der Waals surface area contributed by atoms with Crippen LogP contribution in [0.4, 0.5) is 4.39 Å². The Morgan fingerprint density at radius 1 is 1.35 bits per heavy atom. The van der Waals surface area contributed by atoms with Crippen LogP contribution >= 0.6 is 0 Å². The van der Waals surface area contributed by atoms with E-state index in [1.54, 1.807) is 6.07 Å².